The van der Waals surface area contributed by atoms with Crippen LogP contribution in [0.4, 0.5) is 11.5 Å². The third kappa shape index (κ3) is 3.34. The van der Waals surface area contributed by atoms with E-state index in [2.05, 4.69) is 15.4 Å². The second-order valence-electron chi connectivity index (χ2n) is 3.98. The molecule has 0 radical (unpaired) electrons. The molecule has 9 nitrogen and oxygen atoms in total. The van der Waals surface area contributed by atoms with Crippen LogP contribution in [0.3, 0.4) is 0 Å². The van der Waals surface area contributed by atoms with E-state index in [0.29, 0.717) is 17.4 Å². The van der Waals surface area contributed by atoms with Crippen molar-refractivity contribution in [3.8, 4) is 17.4 Å². The van der Waals surface area contributed by atoms with Gasteiger partial charge in [-0.25, -0.2) is 10.8 Å². The average Bonchev–Trinajstić information content (AvgIpc) is 2.46. The highest BCUT2D eigenvalue weighted by molar-refractivity contribution is 5.52. The van der Waals surface area contributed by atoms with Gasteiger partial charge in [0, 0.05) is 18.2 Å². The molecule has 1 aromatic heterocycles. The van der Waals surface area contributed by atoms with Crippen molar-refractivity contribution in [1.29, 1.82) is 0 Å². The van der Waals surface area contributed by atoms with E-state index in [1.54, 1.807) is 6.92 Å². The molecule has 3 N–H and O–H groups in total. The molecule has 1 aromatic carbocycles. The van der Waals surface area contributed by atoms with Crippen molar-refractivity contribution in [3.05, 3.63) is 40.2 Å². The summed E-state index contributed by atoms with van der Waals surface area (Å²) in [4.78, 5) is 18.5. The Morgan fingerprint density at radius 2 is 2.10 bits per heavy atom. The SMILES string of the molecule is COc1ccc([N+](=O)[O-])c(Oc2cc(NN)nc(C)n2)c1. The molecule has 0 aliphatic carbocycles. The van der Waals surface area contributed by atoms with Crippen LogP contribution in [0.5, 0.6) is 17.4 Å². The molecule has 1 heterocycles. The number of ether oxygens (including phenoxy) is 2. The van der Waals surface area contributed by atoms with Crippen LogP contribution in [0.15, 0.2) is 24.3 Å². The number of nitro groups is 1. The molecule has 0 amide bonds. The van der Waals surface area contributed by atoms with Crippen molar-refractivity contribution in [2.45, 2.75) is 6.92 Å². The first-order valence-electron chi connectivity index (χ1n) is 5.86. The molecule has 0 spiro atoms. The number of nitrogens with one attached hydrogen (secondary N) is 1. The maximum atomic E-state index is 11.0. The van der Waals surface area contributed by atoms with Gasteiger partial charge in [0.1, 0.15) is 17.4 Å². The number of nitro benzene ring substituents is 1. The number of hydrazine groups is 1. The highest BCUT2D eigenvalue weighted by atomic mass is 16.6. The zero-order valence-electron chi connectivity index (χ0n) is 11.4. The molecular weight excluding hydrogens is 278 g/mol. The van der Waals surface area contributed by atoms with Crippen LogP contribution in [0, 0.1) is 17.0 Å². The highest BCUT2D eigenvalue weighted by Gasteiger charge is 2.18. The number of aryl methyl sites for hydroxylation is 1. The Morgan fingerprint density at radius 1 is 1.33 bits per heavy atom. The number of hydrogen-bond acceptors (Lipinski definition) is 8. The Hall–Kier alpha value is -2.94. The Balaban J connectivity index is 2.42. The van der Waals surface area contributed by atoms with E-state index in [4.69, 9.17) is 15.3 Å². The smallest absolute Gasteiger partial charge is 0.311 e. The summed E-state index contributed by atoms with van der Waals surface area (Å²) in [6.07, 6.45) is 0. The lowest BCUT2D eigenvalue weighted by Crippen LogP contribution is -2.10. The average molecular weight is 291 g/mol. The molecule has 0 saturated heterocycles. The number of benzene rings is 1. The van der Waals surface area contributed by atoms with Gasteiger partial charge in [-0.15, -0.1) is 0 Å². The van der Waals surface area contributed by atoms with Gasteiger partial charge < -0.3 is 14.9 Å². The lowest BCUT2D eigenvalue weighted by Gasteiger charge is -2.09. The fourth-order valence-corrected chi connectivity index (χ4v) is 1.63. The summed E-state index contributed by atoms with van der Waals surface area (Å²) in [6.45, 7) is 1.65. The monoisotopic (exact) mass is 291 g/mol. The minimum atomic E-state index is -0.551. The third-order valence-corrected chi connectivity index (χ3v) is 2.54. The van der Waals surface area contributed by atoms with Gasteiger partial charge in [-0.3, -0.25) is 10.1 Å². The van der Waals surface area contributed by atoms with Gasteiger partial charge in [-0.05, 0) is 13.0 Å². The van der Waals surface area contributed by atoms with Crippen LogP contribution >= 0.6 is 0 Å². The van der Waals surface area contributed by atoms with Crippen LogP contribution in [0.1, 0.15) is 5.82 Å². The molecule has 0 aliphatic heterocycles. The van der Waals surface area contributed by atoms with Crippen LogP contribution in [0.25, 0.3) is 0 Å². The summed E-state index contributed by atoms with van der Waals surface area (Å²) in [5.41, 5.74) is 2.16. The second-order valence-corrected chi connectivity index (χ2v) is 3.98. The zero-order chi connectivity index (χ0) is 15.4. The number of anilines is 1. The fourth-order valence-electron chi connectivity index (χ4n) is 1.63. The number of nitrogens with two attached hydrogens (primary N) is 1. The first-order valence-corrected chi connectivity index (χ1v) is 5.86. The van der Waals surface area contributed by atoms with Crippen molar-refractivity contribution < 1.29 is 14.4 Å². The van der Waals surface area contributed by atoms with Gasteiger partial charge in [-0.1, -0.05) is 0 Å². The predicted octanol–water partition coefficient (Wildman–Crippen LogP) is 1.78. The molecule has 9 heteroatoms. The van der Waals surface area contributed by atoms with E-state index in [1.165, 1.54) is 31.4 Å². The molecule has 110 valence electrons. The fraction of sp³-hybridized carbons (Fsp3) is 0.167. The first-order chi connectivity index (χ1) is 10.0. The van der Waals surface area contributed by atoms with Gasteiger partial charge in [0.15, 0.2) is 0 Å². The summed E-state index contributed by atoms with van der Waals surface area (Å²) < 4.78 is 10.5. The van der Waals surface area contributed by atoms with E-state index >= 15 is 0 Å². The molecule has 0 bridgehead atoms. The Labute approximate surface area is 119 Å². The van der Waals surface area contributed by atoms with Crippen molar-refractivity contribution in [2.75, 3.05) is 12.5 Å². The molecule has 0 saturated carbocycles. The topological polar surface area (TPSA) is 125 Å². The number of nitrogen functional groups attached to an aromatic ring is 1. The van der Waals surface area contributed by atoms with Gasteiger partial charge >= 0.3 is 5.69 Å². The van der Waals surface area contributed by atoms with Gasteiger partial charge in [0.25, 0.3) is 0 Å². The summed E-state index contributed by atoms with van der Waals surface area (Å²) in [5.74, 6) is 6.60. The minimum Gasteiger partial charge on any atom is -0.497 e. The third-order valence-electron chi connectivity index (χ3n) is 2.54. The quantitative estimate of drug-likeness (QED) is 0.485. The van der Waals surface area contributed by atoms with Crippen LogP contribution in [-0.4, -0.2) is 22.0 Å². The van der Waals surface area contributed by atoms with Crippen LogP contribution in [0.2, 0.25) is 0 Å². The first kappa shape index (κ1) is 14.5. The van der Waals surface area contributed by atoms with Gasteiger partial charge in [-0.2, -0.15) is 4.98 Å². The summed E-state index contributed by atoms with van der Waals surface area (Å²) in [7, 11) is 1.45. The minimum absolute atomic E-state index is 0.0143. The lowest BCUT2D eigenvalue weighted by molar-refractivity contribution is -0.385. The number of rotatable bonds is 5. The molecule has 2 rings (SSSR count). The van der Waals surface area contributed by atoms with Crippen molar-refractivity contribution >= 4 is 11.5 Å². The van der Waals surface area contributed by atoms with Gasteiger partial charge in [0.2, 0.25) is 11.6 Å². The standard InChI is InChI=1S/C12H13N5O4/c1-7-14-11(16-13)6-12(15-7)21-10-5-8(20-2)3-4-9(10)17(18)19/h3-6H,13H2,1-2H3,(H,14,15,16). The largest absolute Gasteiger partial charge is 0.497 e. The maximum Gasteiger partial charge on any atom is 0.311 e. The molecular formula is C12H13N5O4. The predicted molar refractivity (Wildman–Crippen MR) is 74.3 cm³/mol. The molecule has 2 aromatic rings. The van der Waals surface area contributed by atoms with E-state index in [0.717, 1.165) is 0 Å². The van der Waals surface area contributed by atoms with Crippen LogP contribution < -0.4 is 20.7 Å². The molecule has 0 unspecified atom stereocenters. The van der Waals surface area contributed by atoms with E-state index < -0.39 is 4.92 Å². The number of hydrogen-bond donors (Lipinski definition) is 2. The Bertz CT molecular complexity index is 677. The second kappa shape index (κ2) is 6.01. The van der Waals surface area contributed by atoms with Crippen molar-refractivity contribution in [1.82, 2.24) is 9.97 Å². The summed E-state index contributed by atoms with van der Waals surface area (Å²) >= 11 is 0. The normalized spacial score (nSPS) is 10.0. The Morgan fingerprint density at radius 3 is 2.71 bits per heavy atom. The zero-order valence-corrected chi connectivity index (χ0v) is 11.4. The van der Waals surface area contributed by atoms with E-state index in [-0.39, 0.29) is 17.3 Å². The van der Waals surface area contributed by atoms with E-state index in [9.17, 15) is 10.1 Å². The Kier molecular flexibility index (Phi) is 4.14. The number of aromatic nitrogens is 2. The molecule has 21 heavy (non-hydrogen) atoms. The number of nitrogens with zero attached hydrogens (tertiary/aromatic N) is 3. The number of methoxy groups -OCH3 is 1. The van der Waals surface area contributed by atoms with Crippen molar-refractivity contribution in [2.24, 2.45) is 5.84 Å². The van der Waals surface area contributed by atoms with Gasteiger partial charge in [0.05, 0.1) is 12.0 Å². The maximum absolute atomic E-state index is 11.0. The molecule has 0 aliphatic rings. The lowest BCUT2D eigenvalue weighted by atomic mass is 10.3. The molecule has 0 atom stereocenters. The van der Waals surface area contributed by atoms with Crippen molar-refractivity contribution in [3.63, 3.8) is 0 Å². The summed E-state index contributed by atoms with van der Waals surface area (Å²) in [5, 5.41) is 11.0. The van der Waals surface area contributed by atoms with Crippen LogP contribution in [-0.2, 0) is 0 Å². The highest BCUT2D eigenvalue weighted by Crippen LogP contribution is 2.34. The van der Waals surface area contributed by atoms with E-state index in [1.807, 2.05) is 0 Å². The molecule has 0 fully saturated rings. The summed E-state index contributed by atoms with van der Waals surface area (Å²) in [6, 6.07) is 5.61.